The van der Waals surface area contributed by atoms with Gasteiger partial charge in [0, 0.05) is 38.1 Å². The van der Waals surface area contributed by atoms with Crippen LogP contribution in [0, 0.1) is 0 Å². The smallest absolute Gasteiger partial charge is 0.272 e. The average Bonchev–Trinajstić information content (AvgIpc) is 2.64. The van der Waals surface area contributed by atoms with E-state index in [2.05, 4.69) is 22.1 Å². The first kappa shape index (κ1) is 18.0. The number of nitrogens with one attached hydrogen (secondary N) is 1. The van der Waals surface area contributed by atoms with Crippen molar-refractivity contribution in [2.45, 2.75) is 6.92 Å². The highest BCUT2D eigenvalue weighted by Crippen LogP contribution is 2.32. The van der Waals surface area contributed by atoms with Crippen molar-refractivity contribution in [2.24, 2.45) is 0 Å². The third-order valence-electron chi connectivity index (χ3n) is 4.32. The van der Waals surface area contributed by atoms with Gasteiger partial charge in [0.1, 0.15) is 5.69 Å². The molecule has 1 N–H and O–H groups in total. The summed E-state index contributed by atoms with van der Waals surface area (Å²) < 4.78 is 0. The molecule has 1 fully saturated rings. The number of carbonyl (C=O) groups excluding carboxylic acids is 1. The summed E-state index contributed by atoms with van der Waals surface area (Å²) in [7, 11) is 0. The molecule has 0 radical (unpaired) electrons. The lowest BCUT2D eigenvalue weighted by atomic mass is 10.2. The number of hydrogen-bond acceptors (Lipinski definition) is 4. The number of amides is 1. The van der Waals surface area contributed by atoms with Crippen LogP contribution in [0.2, 0.25) is 10.0 Å². The second kappa shape index (κ2) is 8.04. The van der Waals surface area contributed by atoms with E-state index in [4.69, 9.17) is 23.2 Å². The molecule has 1 saturated heterocycles. The molecule has 1 aliphatic rings. The van der Waals surface area contributed by atoms with Crippen LogP contribution in [-0.2, 0) is 0 Å². The van der Waals surface area contributed by atoms with E-state index in [1.807, 2.05) is 4.90 Å². The first-order chi connectivity index (χ1) is 12.1. The molecule has 1 aliphatic heterocycles. The largest absolute Gasteiger partial charge is 0.353 e. The number of pyridine rings is 1. The Hall–Kier alpha value is -1.82. The van der Waals surface area contributed by atoms with Gasteiger partial charge in [-0.1, -0.05) is 36.2 Å². The fourth-order valence-corrected chi connectivity index (χ4v) is 3.31. The van der Waals surface area contributed by atoms with Crippen molar-refractivity contribution in [3.05, 3.63) is 52.3 Å². The lowest BCUT2D eigenvalue weighted by Crippen LogP contribution is -2.48. The van der Waals surface area contributed by atoms with Crippen LogP contribution < -0.4 is 5.32 Å². The van der Waals surface area contributed by atoms with E-state index in [9.17, 15) is 4.79 Å². The van der Waals surface area contributed by atoms with Gasteiger partial charge in [0.15, 0.2) is 0 Å². The molecule has 132 valence electrons. The van der Waals surface area contributed by atoms with E-state index in [1.165, 1.54) is 0 Å². The number of likely N-dealkylation sites (N-methyl/N-ethyl adjacent to an activating group) is 1. The Morgan fingerprint density at radius 1 is 1.16 bits per heavy atom. The normalized spacial score (nSPS) is 15.2. The Bertz CT molecular complexity index is 740. The van der Waals surface area contributed by atoms with Gasteiger partial charge in [-0.15, -0.1) is 0 Å². The van der Waals surface area contributed by atoms with Crippen LogP contribution in [0.15, 0.2) is 36.5 Å². The summed E-state index contributed by atoms with van der Waals surface area (Å²) >= 11 is 12.4. The highest BCUT2D eigenvalue weighted by atomic mass is 35.5. The average molecular weight is 379 g/mol. The van der Waals surface area contributed by atoms with Crippen molar-refractivity contribution >= 4 is 40.5 Å². The predicted molar refractivity (Wildman–Crippen MR) is 102 cm³/mol. The Balaban J connectivity index is 1.74. The van der Waals surface area contributed by atoms with Crippen LogP contribution in [0.25, 0.3) is 0 Å². The van der Waals surface area contributed by atoms with Crippen LogP contribution >= 0.6 is 23.2 Å². The highest BCUT2D eigenvalue weighted by molar-refractivity contribution is 6.39. The zero-order valence-corrected chi connectivity index (χ0v) is 15.5. The van der Waals surface area contributed by atoms with Crippen molar-refractivity contribution in [1.29, 1.82) is 0 Å². The predicted octanol–water partition coefficient (Wildman–Crippen LogP) is 3.91. The number of para-hydroxylation sites is 1. The summed E-state index contributed by atoms with van der Waals surface area (Å²) in [4.78, 5) is 21.1. The number of rotatable bonds is 4. The number of carbonyl (C=O) groups is 1. The minimum Gasteiger partial charge on any atom is -0.353 e. The minimum atomic E-state index is -0.0512. The van der Waals surface area contributed by atoms with E-state index in [-0.39, 0.29) is 5.91 Å². The molecule has 0 spiro atoms. The zero-order chi connectivity index (χ0) is 17.8. The molecule has 0 bridgehead atoms. The summed E-state index contributed by atoms with van der Waals surface area (Å²) in [6.45, 7) is 6.39. The first-order valence-corrected chi connectivity index (χ1v) is 9.03. The van der Waals surface area contributed by atoms with E-state index in [0.29, 0.717) is 21.4 Å². The number of anilines is 2. The number of halogens is 2. The summed E-state index contributed by atoms with van der Waals surface area (Å²) in [5.74, 6) is -0.0512. The summed E-state index contributed by atoms with van der Waals surface area (Å²) in [5, 5.41) is 4.21. The quantitative estimate of drug-likeness (QED) is 0.875. The SMILES string of the molecule is CCN1CCN(C(=O)c2cc(Nc3c(Cl)cccc3Cl)ccn2)CC1. The number of benzene rings is 1. The Kier molecular flexibility index (Phi) is 5.78. The van der Waals surface area contributed by atoms with Crippen molar-refractivity contribution in [3.8, 4) is 0 Å². The molecule has 1 aromatic carbocycles. The van der Waals surface area contributed by atoms with Gasteiger partial charge in [-0.3, -0.25) is 9.78 Å². The van der Waals surface area contributed by atoms with Gasteiger partial charge in [-0.2, -0.15) is 0 Å². The van der Waals surface area contributed by atoms with E-state index in [0.717, 1.165) is 38.4 Å². The molecule has 3 rings (SSSR count). The van der Waals surface area contributed by atoms with Crippen molar-refractivity contribution in [3.63, 3.8) is 0 Å². The maximum atomic E-state index is 12.7. The van der Waals surface area contributed by atoms with Gasteiger partial charge in [0.2, 0.25) is 0 Å². The van der Waals surface area contributed by atoms with Crippen LogP contribution in [0.3, 0.4) is 0 Å². The first-order valence-electron chi connectivity index (χ1n) is 8.27. The Labute approximate surface area is 157 Å². The van der Waals surface area contributed by atoms with Crippen LogP contribution in [-0.4, -0.2) is 53.4 Å². The minimum absolute atomic E-state index is 0.0512. The molecule has 5 nitrogen and oxygen atoms in total. The molecule has 0 saturated carbocycles. The van der Waals surface area contributed by atoms with Gasteiger partial charge in [0.05, 0.1) is 15.7 Å². The van der Waals surface area contributed by atoms with Crippen molar-refractivity contribution in [1.82, 2.24) is 14.8 Å². The van der Waals surface area contributed by atoms with Gasteiger partial charge in [0.25, 0.3) is 5.91 Å². The maximum Gasteiger partial charge on any atom is 0.272 e. The Morgan fingerprint density at radius 3 is 2.48 bits per heavy atom. The Morgan fingerprint density at radius 2 is 1.84 bits per heavy atom. The molecule has 2 aromatic rings. The van der Waals surface area contributed by atoms with Crippen molar-refractivity contribution in [2.75, 3.05) is 38.0 Å². The fraction of sp³-hybridized carbons (Fsp3) is 0.333. The number of aromatic nitrogens is 1. The number of hydrogen-bond donors (Lipinski definition) is 1. The van der Waals surface area contributed by atoms with E-state index >= 15 is 0 Å². The molecule has 7 heteroatoms. The zero-order valence-electron chi connectivity index (χ0n) is 14.0. The number of piperazine rings is 1. The second-order valence-corrected chi connectivity index (χ2v) is 6.69. The fourth-order valence-electron chi connectivity index (χ4n) is 2.82. The molecule has 1 aromatic heterocycles. The maximum absolute atomic E-state index is 12.7. The highest BCUT2D eigenvalue weighted by Gasteiger charge is 2.22. The van der Waals surface area contributed by atoms with Gasteiger partial charge in [-0.25, -0.2) is 0 Å². The molecule has 2 heterocycles. The summed E-state index contributed by atoms with van der Waals surface area (Å²) in [6.07, 6.45) is 1.61. The van der Waals surface area contributed by atoms with Gasteiger partial charge < -0.3 is 15.1 Å². The molecule has 0 aliphatic carbocycles. The van der Waals surface area contributed by atoms with E-state index in [1.54, 1.807) is 36.5 Å². The molecule has 1 amide bonds. The van der Waals surface area contributed by atoms with Gasteiger partial charge in [-0.05, 0) is 30.8 Å². The third kappa shape index (κ3) is 4.24. The third-order valence-corrected chi connectivity index (χ3v) is 4.95. The second-order valence-electron chi connectivity index (χ2n) is 5.88. The van der Waals surface area contributed by atoms with Crippen LogP contribution in [0.4, 0.5) is 11.4 Å². The van der Waals surface area contributed by atoms with E-state index < -0.39 is 0 Å². The molecular weight excluding hydrogens is 359 g/mol. The van der Waals surface area contributed by atoms with Crippen LogP contribution in [0.1, 0.15) is 17.4 Å². The summed E-state index contributed by atoms with van der Waals surface area (Å²) in [6, 6.07) is 8.82. The monoisotopic (exact) mass is 378 g/mol. The molecular formula is C18H20Cl2N4O. The molecule has 25 heavy (non-hydrogen) atoms. The molecule has 0 unspecified atom stereocenters. The summed E-state index contributed by atoms with van der Waals surface area (Å²) in [5.41, 5.74) is 1.76. The van der Waals surface area contributed by atoms with Gasteiger partial charge >= 0.3 is 0 Å². The number of nitrogens with zero attached hydrogens (tertiary/aromatic N) is 3. The molecule has 0 atom stereocenters. The van der Waals surface area contributed by atoms with Crippen LogP contribution in [0.5, 0.6) is 0 Å². The standard InChI is InChI=1S/C18H20Cl2N4O/c1-2-23-8-10-24(11-9-23)18(25)16-12-13(6-7-21-16)22-17-14(19)4-3-5-15(17)20/h3-7,12H,2,8-11H2,1H3,(H,21,22). The lowest BCUT2D eigenvalue weighted by Gasteiger charge is -2.33. The topological polar surface area (TPSA) is 48.5 Å². The lowest BCUT2D eigenvalue weighted by molar-refractivity contribution is 0.0637. The van der Waals surface area contributed by atoms with Crippen molar-refractivity contribution < 1.29 is 4.79 Å².